The quantitative estimate of drug-likeness (QED) is 0.588. The lowest BCUT2D eigenvalue weighted by Crippen LogP contribution is -2.40. The number of nitrogens with two attached hydrogens (primary N) is 1. The minimum absolute atomic E-state index is 0.0383. The van der Waals surface area contributed by atoms with Crippen molar-refractivity contribution in [2.45, 2.75) is 58.1 Å². The molecule has 0 radical (unpaired) electrons. The zero-order valence-corrected chi connectivity index (χ0v) is 10.0. The van der Waals surface area contributed by atoms with E-state index in [0.29, 0.717) is 25.8 Å². The van der Waals surface area contributed by atoms with Gasteiger partial charge in [-0.1, -0.05) is 13.3 Å². The normalized spacial score (nSPS) is 16.9. The average Bonchev–Trinajstić information content (AvgIpc) is 2.11. The Balaban J connectivity index is 3.70. The van der Waals surface area contributed by atoms with Gasteiger partial charge >= 0.3 is 0 Å². The number of hydrogen-bond donors (Lipinski definition) is 3. The Labute approximate surface area is 92.2 Å². The molecule has 0 spiro atoms. The molecule has 0 aliphatic heterocycles. The molecule has 0 saturated heterocycles. The first-order valence-corrected chi connectivity index (χ1v) is 5.62. The Morgan fingerprint density at radius 2 is 2.20 bits per heavy atom. The molecule has 4 N–H and O–H groups in total. The van der Waals surface area contributed by atoms with Gasteiger partial charge in [-0.15, -0.1) is 0 Å². The van der Waals surface area contributed by atoms with E-state index in [1.54, 1.807) is 6.92 Å². The molecule has 0 fully saturated rings. The second kappa shape index (κ2) is 6.80. The molecule has 0 aliphatic rings. The molecule has 0 aromatic carbocycles. The molecule has 2 atom stereocenters. The summed E-state index contributed by atoms with van der Waals surface area (Å²) in [7, 11) is 0. The van der Waals surface area contributed by atoms with E-state index in [0.717, 1.165) is 6.42 Å². The van der Waals surface area contributed by atoms with Crippen molar-refractivity contribution in [3.63, 3.8) is 0 Å². The first-order chi connectivity index (χ1) is 6.87. The van der Waals surface area contributed by atoms with Gasteiger partial charge in [0, 0.05) is 19.0 Å². The van der Waals surface area contributed by atoms with Crippen molar-refractivity contribution in [1.29, 1.82) is 0 Å². The topological polar surface area (TPSA) is 75.3 Å². The van der Waals surface area contributed by atoms with Crippen LogP contribution in [0.4, 0.5) is 0 Å². The summed E-state index contributed by atoms with van der Waals surface area (Å²) in [5.41, 5.74) is 4.75. The van der Waals surface area contributed by atoms with Crippen LogP contribution in [0.25, 0.3) is 0 Å². The summed E-state index contributed by atoms with van der Waals surface area (Å²) in [6, 6.07) is 0.0481. The Bertz CT molecular complexity index is 191. The van der Waals surface area contributed by atoms with Gasteiger partial charge < -0.3 is 16.2 Å². The van der Waals surface area contributed by atoms with E-state index in [-0.39, 0.29) is 11.9 Å². The third-order valence-corrected chi connectivity index (χ3v) is 2.28. The van der Waals surface area contributed by atoms with Crippen LogP contribution in [0.2, 0.25) is 0 Å². The lowest BCUT2D eigenvalue weighted by Gasteiger charge is -2.22. The van der Waals surface area contributed by atoms with Crippen molar-refractivity contribution in [2.24, 2.45) is 5.73 Å². The lowest BCUT2D eigenvalue weighted by molar-refractivity contribution is -0.122. The largest absolute Gasteiger partial charge is 0.388 e. The molecule has 0 heterocycles. The van der Waals surface area contributed by atoms with Crippen LogP contribution in [-0.2, 0) is 4.79 Å². The summed E-state index contributed by atoms with van der Waals surface area (Å²) in [5, 5.41) is 12.5. The van der Waals surface area contributed by atoms with Crippen LogP contribution in [-0.4, -0.2) is 29.2 Å². The van der Waals surface area contributed by atoms with Crippen LogP contribution >= 0.6 is 0 Å². The zero-order chi connectivity index (χ0) is 11.9. The van der Waals surface area contributed by atoms with Gasteiger partial charge in [0.05, 0.1) is 5.60 Å². The highest BCUT2D eigenvalue weighted by Gasteiger charge is 2.19. The Morgan fingerprint density at radius 3 is 2.67 bits per heavy atom. The third-order valence-electron chi connectivity index (χ3n) is 2.28. The van der Waals surface area contributed by atoms with Crippen molar-refractivity contribution in [3.8, 4) is 0 Å². The maximum absolute atomic E-state index is 11.3. The summed E-state index contributed by atoms with van der Waals surface area (Å²) in [6.07, 6.45) is 2.71. The fourth-order valence-electron chi connectivity index (χ4n) is 1.36. The van der Waals surface area contributed by atoms with E-state index >= 15 is 0 Å². The molecule has 0 aliphatic carbocycles. The van der Waals surface area contributed by atoms with E-state index in [1.807, 2.05) is 13.8 Å². The summed E-state index contributed by atoms with van der Waals surface area (Å²) < 4.78 is 0. The second-order valence-electron chi connectivity index (χ2n) is 4.54. The van der Waals surface area contributed by atoms with Crippen LogP contribution in [0.3, 0.4) is 0 Å². The highest BCUT2D eigenvalue weighted by atomic mass is 16.3. The predicted octanol–water partition coefficient (Wildman–Crippen LogP) is 0.781. The zero-order valence-electron chi connectivity index (χ0n) is 10.0. The van der Waals surface area contributed by atoms with Gasteiger partial charge in [0.1, 0.15) is 0 Å². The van der Waals surface area contributed by atoms with E-state index in [1.165, 1.54) is 0 Å². The molecule has 4 nitrogen and oxygen atoms in total. The maximum Gasteiger partial charge on any atom is 0.220 e. The molecule has 0 rings (SSSR count). The van der Waals surface area contributed by atoms with E-state index in [2.05, 4.69) is 5.32 Å². The fraction of sp³-hybridized carbons (Fsp3) is 0.909. The van der Waals surface area contributed by atoms with Gasteiger partial charge in [-0.2, -0.15) is 0 Å². The number of nitrogens with one attached hydrogen (secondary N) is 1. The molecule has 0 aromatic heterocycles. The van der Waals surface area contributed by atoms with Crippen LogP contribution < -0.4 is 11.1 Å². The van der Waals surface area contributed by atoms with Crippen molar-refractivity contribution >= 4 is 5.91 Å². The van der Waals surface area contributed by atoms with Crippen molar-refractivity contribution in [2.75, 3.05) is 6.54 Å². The molecule has 0 bridgehead atoms. The van der Waals surface area contributed by atoms with Gasteiger partial charge in [0.2, 0.25) is 5.91 Å². The first kappa shape index (κ1) is 14.4. The van der Waals surface area contributed by atoms with Crippen LogP contribution in [0.1, 0.15) is 46.5 Å². The minimum Gasteiger partial charge on any atom is -0.388 e. The Kier molecular flexibility index (Phi) is 6.52. The lowest BCUT2D eigenvalue weighted by atomic mass is 10.0. The van der Waals surface area contributed by atoms with E-state index in [9.17, 15) is 9.90 Å². The third kappa shape index (κ3) is 8.39. The number of aliphatic hydroxyl groups is 1. The predicted molar refractivity (Wildman–Crippen MR) is 61.4 cm³/mol. The molecule has 0 aromatic rings. The number of amides is 1. The molecule has 15 heavy (non-hydrogen) atoms. The fourth-order valence-corrected chi connectivity index (χ4v) is 1.36. The molecule has 1 amide bonds. The SMILES string of the molecule is CCCC(C)(O)CNC(=O)CCC(C)N. The van der Waals surface area contributed by atoms with Crippen molar-refractivity contribution in [1.82, 2.24) is 5.32 Å². The number of rotatable bonds is 7. The molecule has 4 heteroatoms. The number of carbonyl (C=O) groups excluding carboxylic acids is 1. The Hall–Kier alpha value is -0.610. The van der Waals surface area contributed by atoms with Gasteiger partial charge in [0.15, 0.2) is 0 Å². The van der Waals surface area contributed by atoms with E-state index in [4.69, 9.17) is 5.73 Å². The number of carbonyl (C=O) groups is 1. The van der Waals surface area contributed by atoms with Gasteiger partial charge in [-0.05, 0) is 26.7 Å². The molecule has 2 unspecified atom stereocenters. The van der Waals surface area contributed by atoms with Gasteiger partial charge in [-0.3, -0.25) is 4.79 Å². The maximum atomic E-state index is 11.3. The summed E-state index contributed by atoms with van der Waals surface area (Å²) >= 11 is 0. The van der Waals surface area contributed by atoms with Gasteiger partial charge in [-0.25, -0.2) is 0 Å². The van der Waals surface area contributed by atoms with Crippen LogP contribution in [0.5, 0.6) is 0 Å². The molecular weight excluding hydrogens is 192 g/mol. The van der Waals surface area contributed by atoms with E-state index < -0.39 is 5.60 Å². The highest BCUT2D eigenvalue weighted by Crippen LogP contribution is 2.10. The van der Waals surface area contributed by atoms with Crippen molar-refractivity contribution in [3.05, 3.63) is 0 Å². The van der Waals surface area contributed by atoms with Crippen LogP contribution in [0.15, 0.2) is 0 Å². The summed E-state index contributed by atoms with van der Waals surface area (Å²) in [4.78, 5) is 11.3. The standard InChI is InChI=1S/C11H24N2O2/c1-4-7-11(3,15)8-13-10(14)6-5-9(2)12/h9,15H,4-8,12H2,1-3H3,(H,13,14). The van der Waals surface area contributed by atoms with Crippen molar-refractivity contribution < 1.29 is 9.90 Å². The summed E-state index contributed by atoms with van der Waals surface area (Å²) in [5.74, 6) is -0.0383. The van der Waals surface area contributed by atoms with Gasteiger partial charge in [0.25, 0.3) is 0 Å². The number of hydrogen-bond acceptors (Lipinski definition) is 3. The highest BCUT2D eigenvalue weighted by molar-refractivity contribution is 5.75. The Morgan fingerprint density at radius 1 is 1.60 bits per heavy atom. The molecule has 90 valence electrons. The first-order valence-electron chi connectivity index (χ1n) is 5.62. The second-order valence-corrected chi connectivity index (χ2v) is 4.54. The summed E-state index contributed by atoms with van der Waals surface area (Å²) in [6.45, 7) is 5.94. The average molecular weight is 216 g/mol. The monoisotopic (exact) mass is 216 g/mol. The minimum atomic E-state index is -0.793. The molecular formula is C11H24N2O2. The van der Waals surface area contributed by atoms with Crippen LogP contribution in [0, 0.1) is 0 Å². The molecule has 0 saturated carbocycles. The smallest absolute Gasteiger partial charge is 0.220 e.